The number of aromatic nitrogens is 3. The Hall–Kier alpha value is -3.22. The van der Waals surface area contributed by atoms with Gasteiger partial charge < -0.3 is 14.3 Å². The molecule has 0 atom stereocenters. The van der Waals surface area contributed by atoms with Gasteiger partial charge in [-0.15, -0.1) is 0 Å². The van der Waals surface area contributed by atoms with Crippen LogP contribution in [-0.2, 0) is 0 Å². The van der Waals surface area contributed by atoms with E-state index in [0.717, 1.165) is 42.0 Å². The summed E-state index contributed by atoms with van der Waals surface area (Å²) in [6, 6.07) is 11.6. The van der Waals surface area contributed by atoms with Crippen molar-refractivity contribution in [2.24, 2.45) is 0 Å². The van der Waals surface area contributed by atoms with Crippen LogP contribution in [0.2, 0.25) is 0 Å². The fraction of sp³-hybridized carbons (Fsp3) is 0.391. The lowest BCUT2D eigenvalue weighted by Crippen LogP contribution is -2.35. The first-order valence-electron chi connectivity index (χ1n) is 10.4. The Kier molecular flexibility index (Phi) is 5.79. The summed E-state index contributed by atoms with van der Waals surface area (Å²) >= 11 is 0. The minimum Gasteiger partial charge on any atom is -0.354 e. The number of carbonyl (C=O) groups is 1. The zero-order chi connectivity index (χ0) is 21.1. The van der Waals surface area contributed by atoms with Crippen LogP contribution in [0.1, 0.15) is 47.9 Å². The highest BCUT2D eigenvalue weighted by molar-refractivity contribution is 5.95. The van der Waals surface area contributed by atoms with Gasteiger partial charge in [0.15, 0.2) is 5.82 Å². The molecule has 1 aliphatic rings. The fourth-order valence-electron chi connectivity index (χ4n) is 3.71. The molecule has 1 amide bonds. The molecule has 2 aromatic heterocycles. The second-order valence-electron chi connectivity index (χ2n) is 7.93. The van der Waals surface area contributed by atoms with Gasteiger partial charge in [-0.25, -0.2) is 4.98 Å². The molecule has 0 unspecified atom stereocenters. The molecule has 3 aromatic rings. The molecule has 7 nitrogen and oxygen atoms in total. The van der Waals surface area contributed by atoms with E-state index in [1.54, 1.807) is 6.20 Å². The zero-order valence-corrected chi connectivity index (χ0v) is 17.7. The van der Waals surface area contributed by atoms with Crippen molar-refractivity contribution in [3.63, 3.8) is 0 Å². The molecule has 4 rings (SSSR count). The maximum atomic E-state index is 13.0. The van der Waals surface area contributed by atoms with Crippen LogP contribution in [0.15, 0.2) is 47.1 Å². The van der Waals surface area contributed by atoms with E-state index in [0.29, 0.717) is 24.8 Å². The summed E-state index contributed by atoms with van der Waals surface area (Å²) in [7, 11) is 0. The van der Waals surface area contributed by atoms with E-state index >= 15 is 0 Å². The smallest absolute Gasteiger partial charge is 0.261 e. The van der Waals surface area contributed by atoms with E-state index in [4.69, 9.17) is 4.52 Å². The van der Waals surface area contributed by atoms with Crippen molar-refractivity contribution in [2.45, 2.75) is 33.1 Å². The molecule has 0 bridgehead atoms. The molecule has 0 radical (unpaired) electrons. The molecule has 1 saturated heterocycles. The highest BCUT2D eigenvalue weighted by atomic mass is 16.5. The Morgan fingerprint density at radius 3 is 2.67 bits per heavy atom. The van der Waals surface area contributed by atoms with Crippen LogP contribution in [0.4, 0.5) is 5.82 Å². The van der Waals surface area contributed by atoms with E-state index in [1.165, 1.54) is 0 Å². The molecule has 0 aliphatic carbocycles. The van der Waals surface area contributed by atoms with E-state index < -0.39 is 0 Å². The molecular formula is C23H27N5O2. The quantitative estimate of drug-likeness (QED) is 0.655. The minimum atomic E-state index is 0.0923. The van der Waals surface area contributed by atoms with Crippen LogP contribution in [0.25, 0.3) is 11.5 Å². The van der Waals surface area contributed by atoms with Crippen molar-refractivity contribution in [1.29, 1.82) is 0 Å². The van der Waals surface area contributed by atoms with E-state index in [-0.39, 0.29) is 11.8 Å². The molecule has 30 heavy (non-hydrogen) atoms. The van der Waals surface area contributed by atoms with Crippen LogP contribution in [0.3, 0.4) is 0 Å². The summed E-state index contributed by atoms with van der Waals surface area (Å²) in [5, 5.41) is 4.09. The predicted molar refractivity (Wildman–Crippen MR) is 116 cm³/mol. The number of rotatable bonds is 4. The highest BCUT2D eigenvalue weighted by Gasteiger charge is 2.24. The molecule has 1 fully saturated rings. The molecule has 3 heterocycles. The lowest BCUT2D eigenvalue weighted by Gasteiger charge is -2.24. The van der Waals surface area contributed by atoms with Crippen molar-refractivity contribution >= 4 is 11.7 Å². The van der Waals surface area contributed by atoms with Crippen molar-refractivity contribution in [1.82, 2.24) is 20.0 Å². The third-order valence-electron chi connectivity index (χ3n) is 5.43. The summed E-state index contributed by atoms with van der Waals surface area (Å²) < 4.78 is 5.51. The fourth-order valence-corrected chi connectivity index (χ4v) is 3.71. The number of pyridine rings is 1. The number of anilines is 1. The maximum absolute atomic E-state index is 13.0. The average Bonchev–Trinajstić information content (AvgIpc) is 3.12. The summed E-state index contributed by atoms with van der Waals surface area (Å²) in [5.74, 6) is 2.28. The van der Waals surface area contributed by atoms with Crippen molar-refractivity contribution in [3.05, 3.63) is 59.5 Å². The second kappa shape index (κ2) is 8.65. The normalized spacial score (nSPS) is 14.8. The van der Waals surface area contributed by atoms with Gasteiger partial charge in [-0.3, -0.25) is 4.79 Å². The largest absolute Gasteiger partial charge is 0.354 e. The van der Waals surface area contributed by atoms with Gasteiger partial charge in [-0.2, -0.15) is 4.98 Å². The van der Waals surface area contributed by atoms with Crippen molar-refractivity contribution in [2.75, 3.05) is 31.1 Å². The topological polar surface area (TPSA) is 75.4 Å². The Morgan fingerprint density at radius 2 is 1.90 bits per heavy atom. The van der Waals surface area contributed by atoms with Crippen LogP contribution in [0.5, 0.6) is 0 Å². The molecule has 156 valence electrons. The molecule has 0 N–H and O–H groups in total. The lowest BCUT2D eigenvalue weighted by molar-refractivity contribution is 0.0766. The number of hydrogen-bond acceptors (Lipinski definition) is 6. The number of nitrogens with zero attached hydrogens (tertiary/aromatic N) is 5. The average molecular weight is 406 g/mol. The lowest BCUT2D eigenvalue weighted by atomic mass is 10.1. The summed E-state index contributed by atoms with van der Waals surface area (Å²) in [6.07, 6.45) is 2.65. The molecule has 1 aromatic carbocycles. The molecule has 0 spiro atoms. The van der Waals surface area contributed by atoms with Crippen LogP contribution in [-0.4, -0.2) is 52.1 Å². The van der Waals surface area contributed by atoms with Gasteiger partial charge in [0.2, 0.25) is 0 Å². The number of hydrogen-bond donors (Lipinski definition) is 0. The molecular weight excluding hydrogens is 378 g/mol. The SMILES string of the molecule is Cc1ccccc1C(=O)N1CCCN(c2ncccc2-c2nc(C(C)C)no2)CC1. The first-order valence-corrected chi connectivity index (χ1v) is 10.4. The van der Waals surface area contributed by atoms with Crippen molar-refractivity contribution in [3.8, 4) is 11.5 Å². The number of carbonyl (C=O) groups excluding carboxylic acids is 1. The van der Waals surface area contributed by atoms with E-state index in [9.17, 15) is 4.79 Å². The van der Waals surface area contributed by atoms with Gasteiger partial charge >= 0.3 is 0 Å². The third-order valence-corrected chi connectivity index (χ3v) is 5.43. The summed E-state index contributed by atoms with van der Waals surface area (Å²) in [6.45, 7) is 8.93. The molecule has 0 saturated carbocycles. The second-order valence-corrected chi connectivity index (χ2v) is 7.93. The first kappa shape index (κ1) is 20.1. The minimum absolute atomic E-state index is 0.0923. The Labute approximate surface area is 176 Å². The van der Waals surface area contributed by atoms with E-state index in [1.807, 2.05) is 62.1 Å². The van der Waals surface area contributed by atoms with Crippen LogP contribution >= 0.6 is 0 Å². The number of benzene rings is 1. The Balaban J connectivity index is 1.54. The standard InChI is InChI=1S/C23H27N5O2/c1-16(2)20-25-22(30-26-20)19-10-6-11-24-21(19)27-12-7-13-28(15-14-27)23(29)18-9-5-4-8-17(18)3/h4-6,8-11,16H,7,12-15H2,1-3H3. The Morgan fingerprint density at radius 1 is 1.07 bits per heavy atom. The number of amides is 1. The van der Waals surface area contributed by atoms with Crippen LogP contribution in [0, 0.1) is 6.92 Å². The predicted octanol–water partition coefficient (Wildman–Crippen LogP) is 3.92. The van der Waals surface area contributed by atoms with Gasteiger partial charge in [0.25, 0.3) is 11.8 Å². The van der Waals surface area contributed by atoms with Gasteiger partial charge in [-0.1, -0.05) is 37.2 Å². The third kappa shape index (κ3) is 4.06. The summed E-state index contributed by atoms with van der Waals surface area (Å²) in [4.78, 5) is 26.3. The van der Waals surface area contributed by atoms with Gasteiger partial charge in [0, 0.05) is 43.9 Å². The maximum Gasteiger partial charge on any atom is 0.261 e. The molecule has 7 heteroatoms. The molecule has 1 aliphatic heterocycles. The zero-order valence-electron chi connectivity index (χ0n) is 17.7. The van der Waals surface area contributed by atoms with Gasteiger partial charge in [-0.05, 0) is 37.1 Å². The van der Waals surface area contributed by atoms with Gasteiger partial charge in [0.05, 0.1) is 5.56 Å². The number of aryl methyl sites for hydroxylation is 1. The first-order chi connectivity index (χ1) is 14.5. The summed E-state index contributed by atoms with van der Waals surface area (Å²) in [5.41, 5.74) is 2.61. The monoisotopic (exact) mass is 405 g/mol. The van der Waals surface area contributed by atoms with Crippen LogP contribution < -0.4 is 4.90 Å². The van der Waals surface area contributed by atoms with Gasteiger partial charge in [0.1, 0.15) is 5.82 Å². The Bertz CT molecular complexity index is 1030. The van der Waals surface area contributed by atoms with Crippen molar-refractivity contribution < 1.29 is 9.32 Å². The highest BCUT2D eigenvalue weighted by Crippen LogP contribution is 2.29. The van der Waals surface area contributed by atoms with E-state index in [2.05, 4.69) is 20.0 Å².